The zero-order valence-electron chi connectivity index (χ0n) is 19.4. The second-order valence-corrected chi connectivity index (χ2v) is 8.67. The van der Waals surface area contributed by atoms with Gasteiger partial charge in [0.25, 0.3) is 0 Å². The van der Waals surface area contributed by atoms with Crippen LogP contribution >= 0.6 is 0 Å². The molecular formula is C24H34N4O3. The molecule has 4 rings (SSSR count). The van der Waals surface area contributed by atoms with Gasteiger partial charge in [0, 0.05) is 44.2 Å². The molecule has 0 atom stereocenters. The largest absolute Gasteiger partial charge is 0.493 e. The van der Waals surface area contributed by atoms with E-state index < -0.39 is 0 Å². The number of methoxy groups -OCH3 is 3. The van der Waals surface area contributed by atoms with Gasteiger partial charge >= 0.3 is 0 Å². The van der Waals surface area contributed by atoms with Gasteiger partial charge in [0.2, 0.25) is 5.75 Å². The summed E-state index contributed by atoms with van der Waals surface area (Å²) in [5.74, 6) is 4.46. The number of hydrogen-bond donors (Lipinski definition) is 0. The quantitative estimate of drug-likeness (QED) is 0.668. The average Bonchev–Trinajstić information content (AvgIpc) is 3.32. The monoisotopic (exact) mass is 426 g/mol. The first-order chi connectivity index (χ1) is 15.0. The molecule has 0 radical (unpaired) electrons. The van der Waals surface area contributed by atoms with Gasteiger partial charge in [-0.2, -0.15) is 0 Å². The van der Waals surface area contributed by atoms with E-state index in [1.807, 2.05) is 12.1 Å². The molecule has 3 heterocycles. The minimum atomic E-state index is 0.317. The second kappa shape index (κ2) is 9.30. The Morgan fingerprint density at radius 1 is 0.935 bits per heavy atom. The third-order valence-electron chi connectivity index (χ3n) is 6.19. The molecule has 2 aromatic rings. The van der Waals surface area contributed by atoms with Crippen LogP contribution in [0, 0.1) is 0 Å². The number of nitrogens with zero attached hydrogens (tertiary/aromatic N) is 4. The van der Waals surface area contributed by atoms with Gasteiger partial charge in [-0.25, -0.2) is 9.97 Å². The van der Waals surface area contributed by atoms with Crippen molar-refractivity contribution in [2.45, 2.75) is 52.1 Å². The number of aromatic nitrogens is 2. The Kier molecular flexibility index (Phi) is 6.51. The van der Waals surface area contributed by atoms with E-state index >= 15 is 0 Å². The summed E-state index contributed by atoms with van der Waals surface area (Å²) in [5, 5.41) is 0. The Hall–Kier alpha value is -2.54. The predicted octanol–water partition coefficient (Wildman–Crippen LogP) is 3.78. The second-order valence-electron chi connectivity index (χ2n) is 8.67. The molecule has 0 amide bonds. The number of anilines is 1. The normalized spacial score (nSPS) is 16.5. The van der Waals surface area contributed by atoms with Crippen LogP contribution in [0.4, 0.5) is 5.82 Å². The van der Waals surface area contributed by atoms with E-state index in [-0.39, 0.29) is 0 Å². The smallest absolute Gasteiger partial charge is 0.203 e. The van der Waals surface area contributed by atoms with Crippen molar-refractivity contribution in [2.75, 3.05) is 45.9 Å². The maximum atomic E-state index is 5.53. The van der Waals surface area contributed by atoms with Crippen molar-refractivity contribution in [2.24, 2.45) is 0 Å². The standard InChI is InChI=1S/C24H34N4O3/c1-16(2)23-25-19-15-27(11-8-18(19)24(26-23)28-9-6-7-10-28)14-17-12-20(29-3)22(31-5)21(13-17)30-4/h12-13,16H,6-11,14-15H2,1-5H3. The third kappa shape index (κ3) is 4.42. The van der Waals surface area contributed by atoms with Gasteiger partial charge in [0.1, 0.15) is 11.6 Å². The Balaban J connectivity index is 1.60. The summed E-state index contributed by atoms with van der Waals surface area (Å²) in [6.45, 7) is 9.17. The van der Waals surface area contributed by atoms with Crippen molar-refractivity contribution in [1.29, 1.82) is 0 Å². The van der Waals surface area contributed by atoms with Crippen LogP contribution in [0.5, 0.6) is 17.2 Å². The number of rotatable bonds is 7. The molecule has 1 saturated heterocycles. The average molecular weight is 427 g/mol. The fraction of sp³-hybridized carbons (Fsp3) is 0.583. The van der Waals surface area contributed by atoms with Crippen LogP contribution in [-0.2, 0) is 19.5 Å². The fourth-order valence-corrected chi connectivity index (χ4v) is 4.55. The predicted molar refractivity (Wildman–Crippen MR) is 121 cm³/mol. The first-order valence-electron chi connectivity index (χ1n) is 11.2. The van der Waals surface area contributed by atoms with E-state index in [0.717, 1.165) is 50.5 Å². The molecule has 2 aliphatic heterocycles. The highest BCUT2D eigenvalue weighted by Gasteiger charge is 2.27. The van der Waals surface area contributed by atoms with Crippen LogP contribution in [0.2, 0.25) is 0 Å². The molecule has 0 N–H and O–H groups in total. The van der Waals surface area contributed by atoms with Crippen molar-refractivity contribution in [3.63, 3.8) is 0 Å². The molecule has 7 heteroatoms. The highest BCUT2D eigenvalue weighted by atomic mass is 16.5. The molecule has 1 aromatic heterocycles. The summed E-state index contributed by atoms with van der Waals surface area (Å²) in [5.41, 5.74) is 3.66. The minimum Gasteiger partial charge on any atom is -0.493 e. The third-order valence-corrected chi connectivity index (χ3v) is 6.19. The van der Waals surface area contributed by atoms with Crippen LogP contribution in [0.15, 0.2) is 12.1 Å². The van der Waals surface area contributed by atoms with Gasteiger partial charge in [0.15, 0.2) is 11.5 Å². The molecule has 1 aromatic carbocycles. The van der Waals surface area contributed by atoms with Gasteiger partial charge in [-0.05, 0) is 37.0 Å². The molecule has 1 fully saturated rings. The summed E-state index contributed by atoms with van der Waals surface area (Å²) >= 11 is 0. The highest BCUT2D eigenvalue weighted by Crippen LogP contribution is 2.39. The molecule has 168 valence electrons. The number of hydrogen-bond acceptors (Lipinski definition) is 7. The van der Waals surface area contributed by atoms with Gasteiger partial charge in [-0.3, -0.25) is 4.90 Å². The Morgan fingerprint density at radius 3 is 2.19 bits per heavy atom. The topological polar surface area (TPSA) is 60.0 Å². The van der Waals surface area contributed by atoms with Gasteiger partial charge in [-0.1, -0.05) is 13.8 Å². The molecule has 0 spiro atoms. The lowest BCUT2D eigenvalue weighted by Crippen LogP contribution is -2.33. The van der Waals surface area contributed by atoms with Crippen molar-refractivity contribution in [1.82, 2.24) is 14.9 Å². The van der Waals surface area contributed by atoms with Crippen LogP contribution in [0.3, 0.4) is 0 Å². The van der Waals surface area contributed by atoms with Crippen molar-refractivity contribution < 1.29 is 14.2 Å². The molecule has 31 heavy (non-hydrogen) atoms. The van der Waals surface area contributed by atoms with E-state index in [0.29, 0.717) is 23.2 Å². The SMILES string of the molecule is COc1cc(CN2CCc3c(nc(C(C)C)nc3N3CCCC3)C2)cc(OC)c1OC. The Bertz CT molecular complexity index is 900. The van der Waals surface area contributed by atoms with E-state index in [1.54, 1.807) is 21.3 Å². The molecule has 0 bridgehead atoms. The molecular weight excluding hydrogens is 392 g/mol. The number of ether oxygens (including phenoxy) is 3. The summed E-state index contributed by atoms with van der Waals surface area (Å²) in [4.78, 5) is 14.9. The lowest BCUT2D eigenvalue weighted by Gasteiger charge is -2.32. The fourth-order valence-electron chi connectivity index (χ4n) is 4.55. The maximum Gasteiger partial charge on any atom is 0.203 e. The van der Waals surface area contributed by atoms with Gasteiger partial charge in [0.05, 0.1) is 27.0 Å². The maximum absolute atomic E-state index is 5.53. The van der Waals surface area contributed by atoms with Crippen LogP contribution in [-0.4, -0.2) is 55.8 Å². The first-order valence-corrected chi connectivity index (χ1v) is 11.2. The lowest BCUT2D eigenvalue weighted by molar-refractivity contribution is 0.239. The van der Waals surface area contributed by atoms with E-state index in [2.05, 4.69) is 23.6 Å². The van der Waals surface area contributed by atoms with Gasteiger partial charge in [-0.15, -0.1) is 0 Å². The summed E-state index contributed by atoms with van der Waals surface area (Å²) in [6, 6.07) is 4.07. The Morgan fingerprint density at radius 2 is 1.61 bits per heavy atom. The van der Waals surface area contributed by atoms with Crippen LogP contribution < -0.4 is 19.1 Å². The van der Waals surface area contributed by atoms with Gasteiger partial charge < -0.3 is 19.1 Å². The molecule has 0 saturated carbocycles. The van der Waals surface area contributed by atoms with E-state index in [4.69, 9.17) is 24.2 Å². The van der Waals surface area contributed by atoms with Crippen LogP contribution in [0.1, 0.15) is 55.3 Å². The number of fused-ring (bicyclic) bond motifs is 1. The highest BCUT2D eigenvalue weighted by molar-refractivity contribution is 5.54. The number of benzene rings is 1. The summed E-state index contributed by atoms with van der Waals surface area (Å²) < 4.78 is 16.5. The van der Waals surface area contributed by atoms with Crippen molar-refractivity contribution >= 4 is 5.82 Å². The van der Waals surface area contributed by atoms with E-state index in [1.165, 1.54) is 29.9 Å². The summed E-state index contributed by atoms with van der Waals surface area (Å²) in [6.07, 6.45) is 3.48. The molecule has 2 aliphatic rings. The van der Waals surface area contributed by atoms with E-state index in [9.17, 15) is 0 Å². The lowest BCUT2D eigenvalue weighted by atomic mass is 10.0. The minimum absolute atomic E-state index is 0.317. The zero-order chi connectivity index (χ0) is 22.0. The van der Waals surface area contributed by atoms with Crippen LogP contribution in [0.25, 0.3) is 0 Å². The first kappa shape index (κ1) is 21.7. The zero-order valence-corrected chi connectivity index (χ0v) is 19.4. The molecule has 0 unspecified atom stereocenters. The molecule has 0 aliphatic carbocycles. The van der Waals surface area contributed by atoms with Crippen molar-refractivity contribution in [3.8, 4) is 17.2 Å². The Labute approximate surface area is 185 Å². The molecule has 7 nitrogen and oxygen atoms in total. The van der Waals surface area contributed by atoms with Crippen molar-refractivity contribution in [3.05, 3.63) is 34.8 Å². The summed E-state index contributed by atoms with van der Waals surface area (Å²) in [7, 11) is 4.94.